The lowest BCUT2D eigenvalue weighted by Gasteiger charge is -2.60. The SMILES string of the molecule is CCC/C=C1/OC(=O)C2=C1CC1C(CCC)C3(OC(=O)c4ccccc43)C1C2. The van der Waals surface area contributed by atoms with Gasteiger partial charge in [0.05, 0.1) is 5.56 Å². The van der Waals surface area contributed by atoms with E-state index in [9.17, 15) is 9.59 Å². The van der Waals surface area contributed by atoms with Crippen LogP contribution in [-0.4, -0.2) is 11.9 Å². The molecule has 2 aliphatic heterocycles. The maximum Gasteiger partial charge on any atom is 0.339 e. The van der Waals surface area contributed by atoms with Gasteiger partial charge in [-0.05, 0) is 43.7 Å². The predicted octanol–water partition coefficient (Wildman–Crippen LogP) is 5.05. The van der Waals surface area contributed by atoms with Crippen LogP contribution < -0.4 is 0 Å². The van der Waals surface area contributed by atoms with Gasteiger partial charge in [-0.3, -0.25) is 0 Å². The molecule has 4 atom stereocenters. The summed E-state index contributed by atoms with van der Waals surface area (Å²) in [4.78, 5) is 25.2. The van der Waals surface area contributed by atoms with Crippen molar-refractivity contribution in [2.75, 3.05) is 0 Å². The second-order valence-corrected chi connectivity index (χ2v) is 8.51. The van der Waals surface area contributed by atoms with Crippen LogP contribution in [0.15, 0.2) is 47.2 Å². The first-order chi connectivity index (χ1) is 13.6. The van der Waals surface area contributed by atoms with Crippen LogP contribution in [-0.2, 0) is 19.9 Å². The average molecular weight is 378 g/mol. The monoisotopic (exact) mass is 378 g/mol. The van der Waals surface area contributed by atoms with Crippen LogP contribution in [0.25, 0.3) is 0 Å². The minimum Gasteiger partial charge on any atom is -0.450 e. The molecule has 146 valence electrons. The van der Waals surface area contributed by atoms with E-state index in [-0.39, 0.29) is 17.9 Å². The largest absolute Gasteiger partial charge is 0.450 e. The minimum absolute atomic E-state index is 0.161. The van der Waals surface area contributed by atoms with E-state index in [1.165, 1.54) is 0 Å². The van der Waals surface area contributed by atoms with Gasteiger partial charge < -0.3 is 9.47 Å². The third-order valence-corrected chi connectivity index (χ3v) is 7.16. The van der Waals surface area contributed by atoms with Crippen molar-refractivity contribution in [3.05, 3.63) is 58.4 Å². The Balaban J connectivity index is 1.56. The Bertz CT molecular complexity index is 924. The Morgan fingerprint density at radius 2 is 1.89 bits per heavy atom. The van der Waals surface area contributed by atoms with Gasteiger partial charge >= 0.3 is 11.9 Å². The Morgan fingerprint density at radius 1 is 1.07 bits per heavy atom. The topological polar surface area (TPSA) is 52.6 Å². The van der Waals surface area contributed by atoms with E-state index in [2.05, 4.69) is 19.9 Å². The molecule has 4 heteroatoms. The molecular weight excluding hydrogens is 352 g/mol. The maximum absolute atomic E-state index is 12.6. The maximum atomic E-state index is 12.6. The standard InChI is InChI=1S/C24H26O4/c1-3-5-11-21-15-12-17-18(8-4-2)24(20(17)13-16(15)22(25)27-21)19-10-7-6-9-14(19)23(26)28-24/h6-7,9-11,17-18,20H,3-5,8,12-13H2,1-2H3/b21-11+. The number of esters is 2. The average Bonchev–Trinajstić information content (AvgIpc) is 3.19. The number of cyclic esters (lactones) is 1. The molecule has 5 rings (SSSR count). The lowest BCUT2D eigenvalue weighted by Crippen LogP contribution is -2.61. The number of fused-ring (bicyclic) bond motifs is 4. The molecule has 1 saturated carbocycles. The summed E-state index contributed by atoms with van der Waals surface area (Å²) in [6.45, 7) is 4.31. The molecule has 2 aliphatic carbocycles. The summed E-state index contributed by atoms with van der Waals surface area (Å²) in [6, 6.07) is 7.79. The number of unbranched alkanes of at least 4 members (excludes halogenated alkanes) is 1. The van der Waals surface area contributed by atoms with Crippen LogP contribution in [0.1, 0.15) is 68.3 Å². The highest BCUT2D eigenvalue weighted by Gasteiger charge is 2.69. The van der Waals surface area contributed by atoms with Crippen molar-refractivity contribution in [2.45, 2.75) is 58.0 Å². The Morgan fingerprint density at radius 3 is 2.68 bits per heavy atom. The molecular formula is C24H26O4. The van der Waals surface area contributed by atoms with E-state index in [4.69, 9.17) is 9.47 Å². The third kappa shape index (κ3) is 2.17. The first kappa shape index (κ1) is 17.7. The summed E-state index contributed by atoms with van der Waals surface area (Å²) in [6.07, 6.45) is 7.58. The molecule has 4 aliphatic rings. The van der Waals surface area contributed by atoms with E-state index in [0.29, 0.717) is 23.8 Å². The zero-order chi connectivity index (χ0) is 19.5. The number of hydrogen-bond acceptors (Lipinski definition) is 4. The van der Waals surface area contributed by atoms with Crippen LogP contribution in [0.5, 0.6) is 0 Å². The van der Waals surface area contributed by atoms with Gasteiger partial charge in [-0.1, -0.05) is 44.9 Å². The van der Waals surface area contributed by atoms with Crippen molar-refractivity contribution in [1.29, 1.82) is 0 Å². The summed E-state index contributed by atoms with van der Waals surface area (Å²) in [7, 11) is 0. The highest BCUT2D eigenvalue weighted by molar-refractivity contribution is 5.96. The van der Waals surface area contributed by atoms with Gasteiger partial charge in [0.2, 0.25) is 0 Å². The fourth-order valence-electron chi connectivity index (χ4n) is 6.04. The van der Waals surface area contributed by atoms with Crippen molar-refractivity contribution < 1.29 is 19.1 Å². The van der Waals surface area contributed by atoms with Crippen molar-refractivity contribution in [1.82, 2.24) is 0 Å². The van der Waals surface area contributed by atoms with E-state index >= 15 is 0 Å². The number of carbonyl (C=O) groups is 2. The molecule has 0 N–H and O–H groups in total. The van der Waals surface area contributed by atoms with Crippen molar-refractivity contribution in [2.24, 2.45) is 17.8 Å². The van der Waals surface area contributed by atoms with Gasteiger partial charge in [0.1, 0.15) is 11.4 Å². The van der Waals surface area contributed by atoms with Crippen LogP contribution in [0.4, 0.5) is 0 Å². The van der Waals surface area contributed by atoms with Crippen LogP contribution in [0.3, 0.4) is 0 Å². The lowest BCUT2D eigenvalue weighted by atomic mass is 9.46. The number of benzene rings is 1. The number of ether oxygens (including phenoxy) is 2. The Kier molecular flexibility index (Phi) is 4.01. The van der Waals surface area contributed by atoms with E-state index < -0.39 is 5.60 Å². The molecule has 4 unspecified atom stereocenters. The van der Waals surface area contributed by atoms with Gasteiger partial charge in [-0.15, -0.1) is 0 Å². The molecule has 4 nitrogen and oxygen atoms in total. The number of hydrogen-bond donors (Lipinski definition) is 0. The predicted molar refractivity (Wildman–Crippen MR) is 104 cm³/mol. The summed E-state index contributed by atoms with van der Waals surface area (Å²) in [5.41, 5.74) is 3.06. The van der Waals surface area contributed by atoms with Gasteiger partial charge in [-0.25, -0.2) is 9.59 Å². The molecule has 0 amide bonds. The third-order valence-electron chi connectivity index (χ3n) is 7.16. The minimum atomic E-state index is -0.566. The Hall–Kier alpha value is -2.36. The fraction of sp³-hybridized carbons (Fsp3) is 0.500. The Labute approximate surface area is 165 Å². The molecule has 0 bridgehead atoms. The van der Waals surface area contributed by atoms with Crippen LogP contribution in [0.2, 0.25) is 0 Å². The summed E-state index contributed by atoms with van der Waals surface area (Å²) in [5.74, 6) is 1.24. The summed E-state index contributed by atoms with van der Waals surface area (Å²) in [5, 5.41) is 0. The van der Waals surface area contributed by atoms with Gasteiger partial charge in [-0.2, -0.15) is 0 Å². The first-order valence-electron chi connectivity index (χ1n) is 10.6. The van der Waals surface area contributed by atoms with Gasteiger partial charge in [0.25, 0.3) is 0 Å². The molecule has 1 aromatic carbocycles. The smallest absolute Gasteiger partial charge is 0.339 e. The molecule has 1 spiro atoms. The number of allylic oxidation sites excluding steroid dienone is 2. The zero-order valence-electron chi connectivity index (χ0n) is 16.5. The van der Waals surface area contributed by atoms with Gasteiger partial charge in [0.15, 0.2) is 0 Å². The van der Waals surface area contributed by atoms with Crippen molar-refractivity contribution >= 4 is 11.9 Å². The van der Waals surface area contributed by atoms with Crippen molar-refractivity contribution in [3.63, 3.8) is 0 Å². The zero-order valence-corrected chi connectivity index (χ0v) is 16.5. The molecule has 0 aromatic heterocycles. The second kappa shape index (κ2) is 6.33. The lowest BCUT2D eigenvalue weighted by molar-refractivity contribution is -0.204. The molecule has 1 aromatic rings. The quantitative estimate of drug-likeness (QED) is 0.688. The van der Waals surface area contributed by atoms with Crippen LogP contribution >= 0.6 is 0 Å². The van der Waals surface area contributed by atoms with Crippen LogP contribution in [0, 0.1) is 17.8 Å². The van der Waals surface area contributed by atoms with E-state index in [1.54, 1.807) is 0 Å². The normalized spacial score (nSPS) is 34.1. The van der Waals surface area contributed by atoms with Gasteiger partial charge in [0, 0.05) is 28.5 Å². The molecule has 28 heavy (non-hydrogen) atoms. The van der Waals surface area contributed by atoms with E-state index in [1.807, 2.05) is 24.3 Å². The molecule has 1 fully saturated rings. The second-order valence-electron chi connectivity index (χ2n) is 8.51. The molecule has 0 radical (unpaired) electrons. The summed E-state index contributed by atoms with van der Waals surface area (Å²) < 4.78 is 11.7. The van der Waals surface area contributed by atoms with Crippen molar-refractivity contribution in [3.8, 4) is 0 Å². The highest BCUT2D eigenvalue weighted by Crippen LogP contribution is 2.68. The highest BCUT2D eigenvalue weighted by atomic mass is 16.6. The molecule has 2 heterocycles. The van der Waals surface area contributed by atoms with E-state index in [0.717, 1.165) is 54.6 Å². The fourth-order valence-corrected chi connectivity index (χ4v) is 6.04. The molecule has 0 saturated heterocycles. The number of carbonyl (C=O) groups excluding carboxylic acids is 2. The number of rotatable bonds is 4. The summed E-state index contributed by atoms with van der Waals surface area (Å²) >= 11 is 0. The first-order valence-corrected chi connectivity index (χ1v) is 10.6.